The first-order chi connectivity index (χ1) is 10.1. The summed E-state index contributed by atoms with van der Waals surface area (Å²) in [6, 6.07) is 15.9. The van der Waals surface area contributed by atoms with Gasteiger partial charge in [0.05, 0.1) is 22.1 Å². The normalized spacial score (nSPS) is 24.3. The predicted octanol–water partition coefficient (Wildman–Crippen LogP) is 2.91. The summed E-state index contributed by atoms with van der Waals surface area (Å²) in [5, 5.41) is 8.38. The molecule has 0 saturated heterocycles. The molecule has 3 nitrogen and oxygen atoms in total. The standard InChI is InChI=1S/C16H12FNO2S/c17-12-6-4-5-11(9-12)15-14(10-18)16(15)21(19,20)13-7-2-1-3-8-13/h1-9,14-16H/t14-,15+,16-/m1/s1. The quantitative estimate of drug-likeness (QED) is 0.876. The summed E-state index contributed by atoms with van der Waals surface area (Å²) in [5.74, 6) is -1.51. The van der Waals surface area contributed by atoms with Gasteiger partial charge < -0.3 is 0 Å². The fraction of sp³-hybridized carbons (Fsp3) is 0.188. The van der Waals surface area contributed by atoms with Crippen LogP contribution in [-0.4, -0.2) is 13.7 Å². The van der Waals surface area contributed by atoms with Gasteiger partial charge >= 0.3 is 0 Å². The van der Waals surface area contributed by atoms with Gasteiger partial charge in [0, 0.05) is 5.92 Å². The Morgan fingerprint density at radius 1 is 1.05 bits per heavy atom. The minimum atomic E-state index is -3.58. The lowest BCUT2D eigenvalue weighted by atomic mass is 10.1. The lowest BCUT2D eigenvalue weighted by Gasteiger charge is -2.03. The van der Waals surface area contributed by atoms with E-state index in [4.69, 9.17) is 0 Å². The van der Waals surface area contributed by atoms with E-state index in [2.05, 4.69) is 0 Å². The number of nitrogens with zero attached hydrogens (tertiary/aromatic N) is 1. The van der Waals surface area contributed by atoms with Crippen LogP contribution in [0.5, 0.6) is 0 Å². The largest absolute Gasteiger partial charge is 0.223 e. The SMILES string of the molecule is N#C[C@@H]1[C@H](c2cccc(F)c2)[C@@H]1S(=O)(=O)c1ccccc1. The molecule has 2 aromatic rings. The van der Waals surface area contributed by atoms with E-state index in [1.807, 2.05) is 6.07 Å². The van der Waals surface area contributed by atoms with Gasteiger partial charge in [0.2, 0.25) is 0 Å². The smallest absolute Gasteiger partial charge is 0.183 e. The monoisotopic (exact) mass is 301 g/mol. The van der Waals surface area contributed by atoms with Crippen molar-refractivity contribution in [1.29, 1.82) is 5.26 Å². The molecule has 1 aliphatic rings. The summed E-state index contributed by atoms with van der Waals surface area (Å²) in [7, 11) is -3.58. The molecule has 106 valence electrons. The summed E-state index contributed by atoms with van der Waals surface area (Å²) >= 11 is 0. The van der Waals surface area contributed by atoms with Crippen molar-refractivity contribution in [2.24, 2.45) is 5.92 Å². The Morgan fingerprint density at radius 3 is 2.38 bits per heavy atom. The molecule has 0 unspecified atom stereocenters. The van der Waals surface area contributed by atoms with E-state index >= 15 is 0 Å². The van der Waals surface area contributed by atoms with Crippen LogP contribution in [0.1, 0.15) is 11.5 Å². The lowest BCUT2D eigenvalue weighted by Crippen LogP contribution is -2.10. The highest BCUT2D eigenvalue weighted by molar-refractivity contribution is 7.92. The van der Waals surface area contributed by atoms with Crippen LogP contribution in [0.2, 0.25) is 0 Å². The van der Waals surface area contributed by atoms with Gasteiger partial charge in [-0.25, -0.2) is 12.8 Å². The molecule has 0 radical (unpaired) electrons. The van der Waals surface area contributed by atoms with Gasteiger partial charge in [-0.15, -0.1) is 0 Å². The maximum Gasteiger partial charge on any atom is 0.183 e. The molecule has 0 spiro atoms. The highest BCUT2D eigenvalue weighted by Crippen LogP contribution is 2.53. The first kappa shape index (κ1) is 13.8. The van der Waals surface area contributed by atoms with E-state index in [9.17, 15) is 18.1 Å². The maximum atomic E-state index is 13.3. The van der Waals surface area contributed by atoms with E-state index < -0.39 is 32.7 Å². The van der Waals surface area contributed by atoms with Crippen LogP contribution in [-0.2, 0) is 9.84 Å². The number of rotatable bonds is 3. The minimum Gasteiger partial charge on any atom is -0.223 e. The van der Waals surface area contributed by atoms with Crippen molar-refractivity contribution in [3.8, 4) is 6.07 Å². The highest BCUT2D eigenvalue weighted by atomic mass is 32.2. The third-order valence-corrected chi connectivity index (χ3v) is 6.00. The van der Waals surface area contributed by atoms with E-state index in [1.54, 1.807) is 24.3 Å². The topological polar surface area (TPSA) is 57.9 Å². The Balaban J connectivity index is 1.99. The van der Waals surface area contributed by atoms with Crippen LogP contribution in [0.25, 0.3) is 0 Å². The second kappa shape index (κ2) is 4.97. The average molecular weight is 301 g/mol. The molecule has 0 amide bonds. The van der Waals surface area contributed by atoms with E-state index in [1.165, 1.54) is 30.3 Å². The van der Waals surface area contributed by atoms with Crippen molar-refractivity contribution in [1.82, 2.24) is 0 Å². The third-order valence-electron chi connectivity index (χ3n) is 3.77. The first-order valence-electron chi connectivity index (χ1n) is 6.50. The summed E-state index contributed by atoms with van der Waals surface area (Å²) < 4.78 is 38.5. The van der Waals surface area contributed by atoms with Crippen molar-refractivity contribution < 1.29 is 12.8 Å². The zero-order chi connectivity index (χ0) is 15.0. The summed E-state index contributed by atoms with van der Waals surface area (Å²) in [6.07, 6.45) is 0. The number of halogens is 1. The molecular formula is C16H12FNO2S. The van der Waals surface area contributed by atoms with Gasteiger partial charge in [0.1, 0.15) is 5.82 Å². The highest BCUT2D eigenvalue weighted by Gasteiger charge is 2.59. The Labute approximate surface area is 122 Å². The Morgan fingerprint density at radius 2 is 1.76 bits per heavy atom. The van der Waals surface area contributed by atoms with E-state index in [0.29, 0.717) is 5.56 Å². The Kier molecular flexibility index (Phi) is 3.26. The Bertz CT molecular complexity index is 812. The zero-order valence-electron chi connectivity index (χ0n) is 11.0. The maximum absolute atomic E-state index is 13.3. The van der Waals surface area contributed by atoms with E-state index in [-0.39, 0.29) is 4.90 Å². The van der Waals surface area contributed by atoms with Crippen molar-refractivity contribution in [2.45, 2.75) is 16.1 Å². The van der Waals surface area contributed by atoms with Gasteiger partial charge in [0.15, 0.2) is 9.84 Å². The second-order valence-corrected chi connectivity index (χ2v) is 7.16. The molecule has 3 rings (SSSR count). The molecule has 2 aromatic carbocycles. The summed E-state index contributed by atoms with van der Waals surface area (Å²) in [6.45, 7) is 0. The van der Waals surface area contributed by atoms with Gasteiger partial charge in [-0.1, -0.05) is 30.3 Å². The predicted molar refractivity (Wildman–Crippen MR) is 75.7 cm³/mol. The zero-order valence-corrected chi connectivity index (χ0v) is 11.8. The number of sulfone groups is 1. The lowest BCUT2D eigenvalue weighted by molar-refractivity contribution is 0.593. The molecule has 1 aliphatic carbocycles. The van der Waals surface area contributed by atoms with Crippen molar-refractivity contribution >= 4 is 9.84 Å². The van der Waals surface area contributed by atoms with Gasteiger partial charge in [-0.2, -0.15) is 5.26 Å². The van der Waals surface area contributed by atoms with Crippen LogP contribution >= 0.6 is 0 Å². The Hall–Kier alpha value is -2.19. The molecular weight excluding hydrogens is 289 g/mol. The molecule has 0 aromatic heterocycles. The summed E-state index contributed by atoms with van der Waals surface area (Å²) in [5.41, 5.74) is 0.561. The third kappa shape index (κ3) is 2.32. The second-order valence-electron chi connectivity index (χ2n) is 5.06. The average Bonchev–Trinajstić information content (AvgIpc) is 3.23. The molecule has 0 bridgehead atoms. The minimum absolute atomic E-state index is 0.203. The van der Waals surface area contributed by atoms with Crippen molar-refractivity contribution in [2.75, 3.05) is 0 Å². The molecule has 0 aliphatic heterocycles. The van der Waals surface area contributed by atoms with Crippen LogP contribution < -0.4 is 0 Å². The molecule has 3 atom stereocenters. The van der Waals surface area contributed by atoms with Crippen LogP contribution in [0.15, 0.2) is 59.5 Å². The molecule has 0 N–H and O–H groups in total. The number of nitriles is 1. The first-order valence-corrected chi connectivity index (χ1v) is 8.04. The van der Waals surface area contributed by atoms with Crippen LogP contribution in [0, 0.1) is 23.1 Å². The summed E-state index contributed by atoms with van der Waals surface area (Å²) in [4.78, 5) is 0.203. The van der Waals surface area contributed by atoms with E-state index in [0.717, 1.165) is 0 Å². The molecule has 0 heterocycles. The van der Waals surface area contributed by atoms with Gasteiger partial charge in [-0.3, -0.25) is 0 Å². The number of benzene rings is 2. The van der Waals surface area contributed by atoms with Gasteiger partial charge in [-0.05, 0) is 29.8 Å². The molecule has 1 saturated carbocycles. The number of hydrogen-bond donors (Lipinski definition) is 0. The van der Waals surface area contributed by atoms with Crippen molar-refractivity contribution in [3.05, 3.63) is 66.0 Å². The molecule has 5 heteroatoms. The molecule has 21 heavy (non-hydrogen) atoms. The van der Waals surface area contributed by atoms with Crippen LogP contribution in [0.4, 0.5) is 4.39 Å². The number of hydrogen-bond acceptors (Lipinski definition) is 3. The van der Waals surface area contributed by atoms with Crippen LogP contribution in [0.3, 0.4) is 0 Å². The molecule has 1 fully saturated rings. The van der Waals surface area contributed by atoms with Gasteiger partial charge in [0.25, 0.3) is 0 Å². The fourth-order valence-corrected chi connectivity index (χ4v) is 4.79. The van der Waals surface area contributed by atoms with Crippen molar-refractivity contribution in [3.63, 3.8) is 0 Å². The fourth-order valence-electron chi connectivity index (χ4n) is 2.70.